The third-order valence-electron chi connectivity index (χ3n) is 7.79. The van der Waals surface area contributed by atoms with Crippen LogP contribution >= 0.6 is 0 Å². The Hall–Kier alpha value is -3.49. The molecule has 0 saturated heterocycles. The summed E-state index contributed by atoms with van der Waals surface area (Å²) in [7, 11) is 5.35. The topological polar surface area (TPSA) is 102 Å². The van der Waals surface area contributed by atoms with Crippen molar-refractivity contribution < 1.29 is 38.2 Å². The lowest BCUT2D eigenvalue weighted by atomic mass is 10.1. The summed E-state index contributed by atoms with van der Waals surface area (Å²) in [6.07, 6.45) is 42.2. The maximum atomic E-state index is 12.6. The summed E-state index contributed by atoms with van der Waals surface area (Å²) < 4.78 is 16.9. The number of rotatable bonds is 32. The molecule has 0 fully saturated rings. The summed E-state index contributed by atoms with van der Waals surface area (Å²) in [6.45, 7) is 4.27. The number of hydrogen-bond donors (Lipinski definition) is 0. The minimum atomic E-state index is -1.14. The van der Waals surface area contributed by atoms with Gasteiger partial charge in [-0.2, -0.15) is 0 Å². The lowest BCUT2D eigenvalue weighted by Crippen LogP contribution is -2.55. The predicted octanol–water partition coefficient (Wildman–Crippen LogP) is 8.46. The summed E-state index contributed by atoms with van der Waals surface area (Å²) >= 11 is 0. The number of allylic oxidation sites excluding steroid dienone is 14. The fourth-order valence-electron chi connectivity index (χ4n) is 4.86. The van der Waals surface area contributed by atoms with Crippen LogP contribution in [0.3, 0.4) is 0 Å². The van der Waals surface area contributed by atoms with E-state index in [1.165, 1.54) is 0 Å². The van der Waals surface area contributed by atoms with Crippen LogP contribution in [0.5, 0.6) is 0 Å². The molecule has 0 aliphatic rings. The Morgan fingerprint density at radius 1 is 0.588 bits per heavy atom. The third kappa shape index (κ3) is 32.2. The average molecular weight is 712 g/mol. The zero-order valence-corrected chi connectivity index (χ0v) is 32.5. The zero-order chi connectivity index (χ0) is 37.8. The molecular weight excluding hydrogens is 642 g/mol. The van der Waals surface area contributed by atoms with E-state index in [2.05, 4.69) is 86.8 Å². The molecule has 0 saturated carbocycles. The molecule has 288 valence electrons. The van der Waals surface area contributed by atoms with Crippen LogP contribution in [0.15, 0.2) is 85.1 Å². The van der Waals surface area contributed by atoms with E-state index in [1.807, 2.05) is 12.2 Å². The van der Waals surface area contributed by atoms with Crippen molar-refractivity contribution in [2.45, 2.75) is 129 Å². The van der Waals surface area contributed by atoms with Crippen LogP contribution in [0, 0.1) is 0 Å². The second-order valence-corrected chi connectivity index (χ2v) is 13.4. The van der Waals surface area contributed by atoms with Gasteiger partial charge >= 0.3 is 11.9 Å². The number of carboxylic acids is 1. The maximum Gasteiger partial charge on any atom is 0.306 e. The lowest BCUT2D eigenvalue weighted by molar-refractivity contribution is -0.889. The van der Waals surface area contributed by atoms with Crippen LogP contribution in [-0.4, -0.2) is 75.5 Å². The molecule has 0 rings (SSSR count). The largest absolute Gasteiger partial charge is 0.544 e. The molecule has 0 spiro atoms. The second kappa shape index (κ2) is 33.6. The fourth-order valence-corrected chi connectivity index (χ4v) is 4.86. The van der Waals surface area contributed by atoms with Gasteiger partial charge in [-0.1, -0.05) is 112 Å². The smallest absolute Gasteiger partial charge is 0.306 e. The molecule has 2 unspecified atom stereocenters. The molecule has 0 N–H and O–H groups in total. The highest BCUT2D eigenvalue weighted by Gasteiger charge is 2.25. The first kappa shape index (κ1) is 47.5. The first-order valence-electron chi connectivity index (χ1n) is 19.1. The van der Waals surface area contributed by atoms with Gasteiger partial charge in [-0.15, -0.1) is 0 Å². The van der Waals surface area contributed by atoms with Gasteiger partial charge in [0.25, 0.3) is 0 Å². The minimum Gasteiger partial charge on any atom is -0.544 e. The lowest BCUT2D eigenvalue weighted by Gasteiger charge is -2.34. The molecule has 0 aliphatic heterocycles. The number of quaternary nitrogens is 1. The number of carboxylic acid groups (broad SMARTS) is 1. The first-order chi connectivity index (χ1) is 24.6. The number of hydrogen-bond acceptors (Lipinski definition) is 7. The molecule has 0 aliphatic carbocycles. The van der Waals surface area contributed by atoms with Crippen molar-refractivity contribution in [2.24, 2.45) is 0 Å². The quantitative estimate of drug-likeness (QED) is 0.0299. The molecule has 0 aromatic carbocycles. The Morgan fingerprint density at radius 2 is 1.08 bits per heavy atom. The number of esters is 2. The van der Waals surface area contributed by atoms with Gasteiger partial charge in [0.15, 0.2) is 6.10 Å². The van der Waals surface area contributed by atoms with E-state index < -0.39 is 18.1 Å². The molecule has 0 heterocycles. The standard InChI is InChI=1S/C43H69NO7/c1-6-8-10-12-14-15-16-17-18-19-20-21-22-23-24-25-26-28-30-32-34-42(46)51-39(37-49-36-35-40(43(47)48)44(3,4)5)38-50-41(45)33-31-29-27-13-11-9-7-2/h8-11,14-15,17-18,20-21,23-24,27,29,39-40H,6-7,12-13,16,19,22,25-26,28,30-38H2,1-5H3/b10-8+,11-9+,15-14+,18-17+,21-20+,24-23+,29-27+. The maximum absolute atomic E-state index is 12.6. The summed E-state index contributed by atoms with van der Waals surface area (Å²) in [4.78, 5) is 36.5. The van der Waals surface area contributed by atoms with E-state index in [9.17, 15) is 19.5 Å². The molecule has 0 aromatic heterocycles. The van der Waals surface area contributed by atoms with Gasteiger partial charge in [0.1, 0.15) is 12.6 Å². The van der Waals surface area contributed by atoms with E-state index in [0.29, 0.717) is 12.8 Å². The summed E-state index contributed by atoms with van der Waals surface area (Å²) in [5.74, 6) is -1.88. The van der Waals surface area contributed by atoms with Gasteiger partial charge in [0.2, 0.25) is 0 Å². The molecule has 8 heteroatoms. The van der Waals surface area contributed by atoms with Crippen molar-refractivity contribution in [3.8, 4) is 0 Å². The Kier molecular flexibility index (Phi) is 31.3. The van der Waals surface area contributed by atoms with Crippen molar-refractivity contribution >= 4 is 17.9 Å². The van der Waals surface area contributed by atoms with Crippen LogP contribution in [0.1, 0.15) is 117 Å². The van der Waals surface area contributed by atoms with Crippen LogP contribution in [-0.2, 0) is 28.6 Å². The van der Waals surface area contributed by atoms with Gasteiger partial charge < -0.3 is 28.6 Å². The van der Waals surface area contributed by atoms with Gasteiger partial charge in [-0.05, 0) is 70.6 Å². The van der Waals surface area contributed by atoms with E-state index >= 15 is 0 Å². The fraction of sp³-hybridized carbons (Fsp3) is 0.605. The number of nitrogens with zero attached hydrogens (tertiary/aromatic N) is 1. The highest BCUT2D eigenvalue weighted by Crippen LogP contribution is 2.11. The molecular formula is C43H69NO7. The Morgan fingerprint density at radius 3 is 1.59 bits per heavy atom. The van der Waals surface area contributed by atoms with Gasteiger partial charge in [-0.25, -0.2) is 0 Å². The normalized spacial score (nSPS) is 14.0. The molecule has 51 heavy (non-hydrogen) atoms. The van der Waals surface area contributed by atoms with Crippen LogP contribution < -0.4 is 5.11 Å². The summed E-state index contributed by atoms with van der Waals surface area (Å²) in [6, 6.07) is -0.740. The highest BCUT2D eigenvalue weighted by molar-refractivity contribution is 5.70. The number of likely N-dealkylation sites (N-methyl/N-ethyl adjacent to an activating group) is 1. The predicted molar refractivity (Wildman–Crippen MR) is 208 cm³/mol. The zero-order valence-electron chi connectivity index (χ0n) is 32.5. The van der Waals surface area contributed by atoms with E-state index in [0.717, 1.165) is 70.6 Å². The average Bonchev–Trinajstić information content (AvgIpc) is 3.08. The van der Waals surface area contributed by atoms with Crippen LogP contribution in [0.2, 0.25) is 0 Å². The van der Waals surface area contributed by atoms with Gasteiger partial charge in [0.05, 0.1) is 40.3 Å². The van der Waals surface area contributed by atoms with Gasteiger partial charge in [-0.3, -0.25) is 9.59 Å². The highest BCUT2D eigenvalue weighted by atomic mass is 16.6. The van der Waals surface area contributed by atoms with Crippen LogP contribution in [0.4, 0.5) is 0 Å². The number of carbonyl (C=O) groups excluding carboxylic acids is 3. The molecule has 0 bridgehead atoms. The van der Waals surface area contributed by atoms with E-state index in [1.54, 1.807) is 21.1 Å². The van der Waals surface area contributed by atoms with E-state index in [4.69, 9.17) is 14.2 Å². The first-order valence-corrected chi connectivity index (χ1v) is 19.1. The number of unbranched alkanes of at least 4 members (excludes halogenated alkanes) is 4. The summed E-state index contributed by atoms with van der Waals surface area (Å²) in [5, 5.41) is 11.6. The number of ether oxygens (including phenoxy) is 3. The molecule has 0 aromatic rings. The van der Waals surface area contributed by atoms with Crippen molar-refractivity contribution in [3.63, 3.8) is 0 Å². The Bertz CT molecular complexity index is 1110. The van der Waals surface area contributed by atoms with Crippen molar-refractivity contribution in [2.75, 3.05) is 41.0 Å². The Balaban J connectivity index is 4.43. The monoisotopic (exact) mass is 712 g/mol. The van der Waals surface area contributed by atoms with Crippen molar-refractivity contribution in [3.05, 3.63) is 85.1 Å². The van der Waals surface area contributed by atoms with Crippen molar-refractivity contribution in [1.29, 1.82) is 0 Å². The Labute approximate surface area is 310 Å². The molecule has 0 amide bonds. The molecule has 0 radical (unpaired) electrons. The SMILES string of the molecule is CC/C=C/C/C=C/C/C=C/C/C=C/C/C=C/CCCCCCC(=O)OC(COCCC(C(=O)[O-])[N+](C)(C)C)COC(=O)CC/C=C/C/C=C/CC. The number of aliphatic carboxylic acids is 1. The van der Waals surface area contributed by atoms with E-state index in [-0.39, 0.29) is 55.5 Å². The number of carbonyl (C=O) groups is 3. The summed E-state index contributed by atoms with van der Waals surface area (Å²) in [5.41, 5.74) is 0. The third-order valence-corrected chi connectivity index (χ3v) is 7.79. The molecule has 2 atom stereocenters. The van der Waals surface area contributed by atoms with Gasteiger partial charge in [0, 0.05) is 19.3 Å². The second-order valence-electron chi connectivity index (χ2n) is 13.4. The minimum absolute atomic E-state index is 0.00679. The molecule has 8 nitrogen and oxygen atoms in total. The van der Waals surface area contributed by atoms with Crippen molar-refractivity contribution in [1.82, 2.24) is 0 Å². The van der Waals surface area contributed by atoms with Crippen LogP contribution in [0.25, 0.3) is 0 Å².